The normalized spacial score (nSPS) is 11.0. The van der Waals surface area contributed by atoms with Gasteiger partial charge >= 0.3 is 0 Å². The highest BCUT2D eigenvalue weighted by Gasteiger charge is 2.29. The SMILES string of the molecule is CCOc1ccccc1N(CC(=O)NCc1ccccc1)S(=O)(=O)c1ccc(C)cc1. The average molecular weight is 439 g/mol. The molecule has 3 aromatic carbocycles. The second-order valence-corrected chi connectivity index (χ2v) is 8.85. The number of hydrogen-bond acceptors (Lipinski definition) is 4. The number of benzene rings is 3. The van der Waals surface area contributed by atoms with Crippen molar-refractivity contribution in [2.24, 2.45) is 0 Å². The molecule has 0 aliphatic heterocycles. The smallest absolute Gasteiger partial charge is 0.264 e. The number of anilines is 1. The molecule has 0 aromatic heterocycles. The fourth-order valence-electron chi connectivity index (χ4n) is 3.06. The summed E-state index contributed by atoms with van der Waals surface area (Å²) >= 11 is 0. The van der Waals surface area contributed by atoms with E-state index in [1.807, 2.05) is 44.2 Å². The zero-order valence-corrected chi connectivity index (χ0v) is 18.4. The molecule has 0 fully saturated rings. The third kappa shape index (κ3) is 5.64. The zero-order chi connectivity index (χ0) is 22.3. The van der Waals surface area contributed by atoms with Crippen molar-refractivity contribution in [3.05, 3.63) is 90.0 Å². The fourth-order valence-corrected chi connectivity index (χ4v) is 4.49. The first-order valence-electron chi connectivity index (χ1n) is 10.0. The number of carbonyl (C=O) groups is 1. The van der Waals surface area contributed by atoms with Gasteiger partial charge in [0.15, 0.2) is 0 Å². The van der Waals surface area contributed by atoms with Crippen molar-refractivity contribution >= 4 is 21.6 Å². The average Bonchev–Trinajstić information content (AvgIpc) is 2.78. The van der Waals surface area contributed by atoms with Gasteiger partial charge in [0.2, 0.25) is 5.91 Å². The number of carbonyl (C=O) groups excluding carboxylic acids is 1. The Morgan fingerprint density at radius 3 is 2.26 bits per heavy atom. The molecule has 1 amide bonds. The van der Waals surface area contributed by atoms with E-state index in [1.165, 1.54) is 0 Å². The summed E-state index contributed by atoms with van der Waals surface area (Å²) in [7, 11) is -4.00. The number of nitrogens with one attached hydrogen (secondary N) is 1. The lowest BCUT2D eigenvalue weighted by Gasteiger charge is -2.26. The molecule has 0 bridgehead atoms. The molecule has 0 unspecified atom stereocenters. The fraction of sp³-hybridized carbons (Fsp3) is 0.208. The maximum absolute atomic E-state index is 13.5. The zero-order valence-electron chi connectivity index (χ0n) is 17.6. The number of para-hydroxylation sites is 2. The van der Waals surface area contributed by atoms with Crippen LogP contribution >= 0.6 is 0 Å². The van der Waals surface area contributed by atoms with Crippen LogP contribution in [0.3, 0.4) is 0 Å². The molecule has 1 N–H and O–H groups in total. The van der Waals surface area contributed by atoms with Crippen molar-refractivity contribution in [2.45, 2.75) is 25.3 Å². The van der Waals surface area contributed by atoms with Crippen molar-refractivity contribution < 1.29 is 17.9 Å². The first-order valence-corrected chi connectivity index (χ1v) is 11.5. The molecule has 162 valence electrons. The summed E-state index contributed by atoms with van der Waals surface area (Å²) in [5.74, 6) is -0.0117. The molecule has 0 aliphatic rings. The molecule has 3 aromatic rings. The van der Waals surface area contributed by atoms with Gasteiger partial charge in [0.25, 0.3) is 10.0 Å². The minimum Gasteiger partial charge on any atom is -0.492 e. The number of nitrogens with zero attached hydrogens (tertiary/aromatic N) is 1. The summed E-state index contributed by atoms with van der Waals surface area (Å²) < 4.78 is 33.7. The molecule has 0 radical (unpaired) electrons. The van der Waals surface area contributed by atoms with Crippen molar-refractivity contribution in [3.8, 4) is 5.75 Å². The third-order valence-electron chi connectivity index (χ3n) is 4.66. The molecule has 0 heterocycles. The van der Waals surface area contributed by atoms with E-state index in [2.05, 4.69) is 5.32 Å². The molecular formula is C24H26N2O4S. The van der Waals surface area contributed by atoms with Gasteiger partial charge in [0.1, 0.15) is 12.3 Å². The maximum atomic E-state index is 13.5. The minimum absolute atomic E-state index is 0.111. The highest BCUT2D eigenvalue weighted by molar-refractivity contribution is 7.92. The van der Waals surface area contributed by atoms with Gasteiger partial charge in [0.05, 0.1) is 17.2 Å². The predicted octanol–water partition coefficient (Wildman–Crippen LogP) is 3.91. The van der Waals surface area contributed by atoms with Gasteiger partial charge in [-0.1, -0.05) is 60.2 Å². The van der Waals surface area contributed by atoms with E-state index < -0.39 is 15.9 Å². The van der Waals surface area contributed by atoms with Gasteiger partial charge in [-0.2, -0.15) is 0 Å². The summed E-state index contributed by atoms with van der Waals surface area (Å²) in [5, 5.41) is 2.80. The van der Waals surface area contributed by atoms with E-state index in [9.17, 15) is 13.2 Å². The molecule has 3 rings (SSSR count). The van der Waals surface area contributed by atoms with Crippen LogP contribution in [0.5, 0.6) is 5.75 Å². The molecular weight excluding hydrogens is 412 g/mol. The quantitative estimate of drug-likeness (QED) is 0.550. The second-order valence-electron chi connectivity index (χ2n) is 6.99. The molecule has 6 nitrogen and oxygen atoms in total. The highest BCUT2D eigenvalue weighted by Crippen LogP contribution is 2.32. The maximum Gasteiger partial charge on any atom is 0.264 e. The Morgan fingerprint density at radius 1 is 0.935 bits per heavy atom. The van der Waals surface area contributed by atoms with Crippen LogP contribution in [-0.2, 0) is 21.4 Å². The molecule has 0 aliphatic carbocycles. The van der Waals surface area contributed by atoms with Gasteiger partial charge in [-0.25, -0.2) is 8.42 Å². The molecule has 0 spiro atoms. The largest absolute Gasteiger partial charge is 0.492 e. The van der Waals surface area contributed by atoms with Gasteiger partial charge in [-0.05, 0) is 43.7 Å². The number of ether oxygens (including phenoxy) is 1. The van der Waals surface area contributed by atoms with Crippen molar-refractivity contribution in [2.75, 3.05) is 17.5 Å². The van der Waals surface area contributed by atoms with Crippen molar-refractivity contribution in [1.29, 1.82) is 0 Å². The van der Waals surface area contributed by atoms with Gasteiger partial charge in [0, 0.05) is 6.54 Å². The Bertz CT molecular complexity index is 1110. The van der Waals surface area contributed by atoms with Crippen molar-refractivity contribution in [1.82, 2.24) is 5.32 Å². The number of sulfonamides is 1. The van der Waals surface area contributed by atoms with E-state index in [1.54, 1.807) is 48.5 Å². The number of rotatable bonds is 9. The Morgan fingerprint density at radius 2 is 1.58 bits per heavy atom. The highest BCUT2D eigenvalue weighted by atomic mass is 32.2. The molecule has 0 atom stereocenters. The first kappa shape index (κ1) is 22.4. The van der Waals surface area contributed by atoms with Crippen LogP contribution in [0, 0.1) is 6.92 Å². The van der Waals surface area contributed by atoms with Crippen LogP contribution in [0.25, 0.3) is 0 Å². The Labute approximate surface area is 183 Å². The molecule has 0 saturated carbocycles. The first-order chi connectivity index (χ1) is 14.9. The van der Waals surface area contributed by atoms with Gasteiger partial charge < -0.3 is 10.1 Å². The lowest BCUT2D eigenvalue weighted by atomic mass is 10.2. The monoisotopic (exact) mass is 438 g/mol. The van der Waals surface area contributed by atoms with Crippen LogP contribution in [0.2, 0.25) is 0 Å². The number of amides is 1. The van der Waals surface area contributed by atoms with E-state index in [0.717, 1.165) is 15.4 Å². The van der Waals surface area contributed by atoms with Gasteiger partial charge in [-0.3, -0.25) is 9.10 Å². The predicted molar refractivity (Wildman–Crippen MR) is 122 cm³/mol. The van der Waals surface area contributed by atoms with Crippen LogP contribution in [0.1, 0.15) is 18.1 Å². The minimum atomic E-state index is -4.00. The summed E-state index contributed by atoms with van der Waals surface area (Å²) in [4.78, 5) is 12.9. The molecule has 0 saturated heterocycles. The lowest BCUT2D eigenvalue weighted by Crippen LogP contribution is -2.40. The lowest BCUT2D eigenvalue weighted by molar-refractivity contribution is -0.119. The Kier molecular flexibility index (Phi) is 7.31. The standard InChI is InChI=1S/C24H26N2O4S/c1-3-30-23-12-8-7-11-22(23)26(31(28,29)21-15-13-19(2)14-16-21)18-24(27)25-17-20-9-5-4-6-10-20/h4-16H,3,17-18H2,1-2H3,(H,25,27). The van der Waals surface area contributed by atoms with Gasteiger partial charge in [-0.15, -0.1) is 0 Å². The topological polar surface area (TPSA) is 75.7 Å². The summed E-state index contributed by atoms with van der Waals surface area (Å²) in [6.45, 7) is 4.02. The Balaban J connectivity index is 1.93. The van der Waals surface area contributed by atoms with E-state index in [-0.39, 0.29) is 11.4 Å². The van der Waals surface area contributed by atoms with Crippen LogP contribution in [-0.4, -0.2) is 27.5 Å². The summed E-state index contributed by atoms with van der Waals surface area (Å²) in [5.41, 5.74) is 2.19. The number of aryl methyl sites for hydroxylation is 1. The molecule has 7 heteroatoms. The Hall–Kier alpha value is -3.32. The number of hydrogen-bond donors (Lipinski definition) is 1. The van der Waals surface area contributed by atoms with Crippen LogP contribution in [0.4, 0.5) is 5.69 Å². The van der Waals surface area contributed by atoms with Crippen LogP contribution in [0.15, 0.2) is 83.8 Å². The van der Waals surface area contributed by atoms with E-state index in [0.29, 0.717) is 24.6 Å². The third-order valence-corrected chi connectivity index (χ3v) is 6.44. The second kappa shape index (κ2) is 10.1. The molecule has 31 heavy (non-hydrogen) atoms. The van der Waals surface area contributed by atoms with Crippen molar-refractivity contribution in [3.63, 3.8) is 0 Å². The van der Waals surface area contributed by atoms with E-state index in [4.69, 9.17) is 4.74 Å². The summed E-state index contributed by atoms with van der Waals surface area (Å²) in [6, 6.07) is 22.8. The van der Waals surface area contributed by atoms with Crippen LogP contribution < -0.4 is 14.4 Å². The summed E-state index contributed by atoms with van der Waals surface area (Å²) in [6.07, 6.45) is 0. The van der Waals surface area contributed by atoms with E-state index >= 15 is 0 Å².